The second-order valence-electron chi connectivity index (χ2n) is 6.71. The molecule has 0 unspecified atom stereocenters. The number of carbonyl (C=O) groups excluding carboxylic acids is 1. The Morgan fingerprint density at radius 3 is 2.36 bits per heavy atom. The van der Waals surface area contributed by atoms with E-state index in [1.807, 2.05) is 13.8 Å². The van der Waals surface area contributed by atoms with Gasteiger partial charge in [0.2, 0.25) is 0 Å². The first kappa shape index (κ1) is 18.0. The van der Waals surface area contributed by atoms with Gasteiger partial charge in [0.25, 0.3) is 0 Å². The number of hydrogen-bond donors (Lipinski definition) is 4. The molecule has 0 heterocycles. The van der Waals surface area contributed by atoms with Crippen LogP contribution in [-0.4, -0.2) is 35.2 Å². The summed E-state index contributed by atoms with van der Waals surface area (Å²) in [4.78, 5) is 11.9. The number of benzene rings is 1. The maximum Gasteiger partial charge on any atom is 0.412 e. The molecule has 1 aromatic carbocycles. The number of anilines is 2. The predicted octanol–water partition coefficient (Wildman–Crippen LogP) is 3.21. The summed E-state index contributed by atoms with van der Waals surface area (Å²) in [5.74, 6) is 0. The van der Waals surface area contributed by atoms with Crippen LogP contribution in [0.1, 0.15) is 40.2 Å². The minimum Gasteiger partial charge on any atom is -0.444 e. The van der Waals surface area contributed by atoms with Crippen molar-refractivity contribution in [1.82, 2.24) is 0 Å². The molecule has 0 aromatic heterocycles. The Hall–Kier alpha value is -2.08. The van der Waals surface area contributed by atoms with E-state index < -0.39 is 17.2 Å². The van der Waals surface area contributed by atoms with Crippen LogP contribution >= 0.6 is 0 Å². The molecule has 0 fully saturated rings. The van der Waals surface area contributed by atoms with Gasteiger partial charge in [0.1, 0.15) is 5.60 Å². The van der Waals surface area contributed by atoms with Crippen LogP contribution in [0, 0.1) is 5.41 Å². The molecule has 6 nitrogen and oxygen atoms in total. The number of aliphatic hydroxyl groups is 1. The smallest absolute Gasteiger partial charge is 0.412 e. The van der Waals surface area contributed by atoms with Crippen LogP contribution < -0.4 is 10.6 Å². The quantitative estimate of drug-likeness (QED) is 0.628. The van der Waals surface area contributed by atoms with Crippen molar-refractivity contribution in [3.8, 4) is 0 Å². The molecule has 0 aliphatic carbocycles. The first-order valence-electron chi connectivity index (χ1n) is 7.10. The Morgan fingerprint density at radius 1 is 1.27 bits per heavy atom. The van der Waals surface area contributed by atoms with E-state index in [0.717, 1.165) is 6.21 Å². The average Bonchev–Trinajstić information content (AvgIpc) is 2.36. The highest BCUT2D eigenvalue weighted by atomic mass is 16.6. The van der Waals surface area contributed by atoms with Crippen LogP contribution in [0.4, 0.5) is 16.2 Å². The van der Waals surface area contributed by atoms with Gasteiger partial charge in [-0.15, -0.1) is 0 Å². The number of hydrogen-bond acceptors (Lipinski definition) is 5. The fourth-order valence-electron chi connectivity index (χ4n) is 1.76. The molecule has 0 radical (unpaired) electrons. The standard InChI is InChI=1S/C16H25N3O3/c1-15(2,3)22-14(21)18-12-7-6-8-13(11(12)9-17)19-16(4,5)10-20/h6-9,17,19-20H,10H2,1-5H3,(H,18,21). The Labute approximate surface area is 131 Å². The zero-order valence-electron chi connectivity index (χ0n) is 13.8. The largest absolute Gasteiger partial charge is 0.444 e. The molecule has 0 saturated heterocycles. The third-order valence-corrected chi connectivity index (χ3v) is 2.75. The lowest BCUT2D eigenvalue weighted by Gasteiger charge is -2.27. The summed E-state index contributed by atoms with van der Waals surface area (Å²) in [6.45, 7) is 8.97. The zero-order chi connectivity index (χ0) is 17.0. The summed E-state index contributed by atoms with van der Waals surface area (Å²) in [6.07, 6.45) is 0.580. The lowest BCUT2D eigenvalue weighted by atomic mass is 10.0. The van der Waals surface area contributed by atoms with Crippen molar-refractivity contribution in [2.24, 2.45) is 0 Å². The van der Waals surface area contributed by atoms with Crippen molar-refractivity contribution in [3.05, 3.63) is 23.8 Å². The van der Waals surface area contributed by atoms with Crippen molar-refractivity contribution < 1.29 is 14.6 Å². The minimum absolute atomic E-state index is 0.0613. The molecular weight excluding hydrogens is 282 g/mol. The van der Waals surface area contributed by atoms with Gasteiger partial charge in [-0.25, -0.2) is 4.79 Å². The zero-order valence-corrected chi connectivity index (χ0v) is 13.8. The maximum atomic E-state index is 11.9. The van der Waals surface area contributed by atoms with Gasteiger partial charge in [-0.1, -0.05) is 6.07 Å². The van der Waals surface area contributed by atoms with Crippen LogP contribution in [0.2, 0.25) is 0 Å². The Kier molecular flexibility index (Phi) is 5.54. The van der Waals surface area contributed by atoms with E-state index in [2.05, 4.69) is 10.6 Å². The summed E-state index contributed by atoms with van der Waals surface area (Å²) < 4.78 is 5.22. The van der Waals surface area contributed by atoms with Gasteiger partial charge >= 0.3 is 6.09 Å². The Balaban J connectivity index is 3.02. The summed E-state index contributed by atoms with van der Waals surface area (Å²) in [5, 5.41) is 22.8. The molecule has 0 aliphatic rings. The molecule has 1 aromatic rings. The summed E-state index contributed by atoms with van der Waals surface area (Å²) in [7, 11) is 0. The van der Waals surface area contributed by atoms with Crippen molar-refractivity contribution in [2.45, 2.75) is 45.8 Å². The number of ether oxygens (including phenoxy) is 1. The molecule has 0 atom stereocenters. The van der Waals surface area contributed by atoms with Crippen molar-refractivity contribution in [3.63, 3.8) is 0 Å². The summed E-state index contributed by atoms with van der Waals surface area (Å²) in [6, 6.07) is 5.25. The van der Waals surface area contributed by atoms with Crippen molar-refractivity contribution >= 4 is 23.7 Å². The fourth-order valence-corrected chi connectivity index (χ4v) is 1.76. The molecule has 122 valence electrons. The van der Waals surface area contributed by atoms with Crippen LogP contribution in [0.25, 0.3) is 0 Å². The number of aliphatic hydroxyl groups excluding tert-OH is 1. The van der Waals surface area contributed by atoms with Gasteiger partial charge in [0.15, 0.2) is 0 Å². The normalized spacial score (nSPS) is 11.7. The SMILES string of the molecule is CC(C)(CO)Nc1cccc(NC(=O)OC(C)(C)C)c1C=N. The van der Waals surface area contributed by atoms with Crippen molar-refractivity contribution in [2.75, 3.05) is 17.2 Å². The van der Waals surface area contributed by atoms with Gasteiger partial charge in [0, 0.05) is 17.5 Å². The highest BCUT2D eigenvalue weighted by Crippen LogP contribution is 2.26. The van der Waals surface area contributed by atoms with Crippen molar-refractivity contribution in [1.29, 1.82) is 5.41 Å². The van der Waals surface area contributed by atoms with E-state index in [1.165, 1.54) is 0 Å². The topological polar surface area (TPSA) is 94.4 Å². The van der Waals surface area contributed by atoms with E-state index in [4.69, 9.17) is 10.1 Å². The van der Waals surface area contributed by atoms with E-state index >= 15 is 0 Å². The first-order chi connectivity index (χ1) is 10.1. The lowest BCUT2D eigenvalue weighted by Crippen LogP contribution is -2.35. The van der Waals surface area contributed by atoms with Crippen LogP contribution in [0.15, 0.2) is 18.2 Å². The minimum atomic E-state index is -0.594. The lowest BCUT2D eigenvalue weighted by molar-refractivity contribution is 0.0636. The molecular formula is C16H25N3O3. The van der Waals surface area contributed by atoms with E-state index in [0.29, 0.717) is 16.9 Å². The molecule has 1 rings (SSSR count). The van der Waals surface area contributed by atoms with Crippen LogP contribution in [0.3, 0.4) is 0 Å². The summed E-state index contributed by atoms with van der Waals surface area (Å²) >= 11 is 0. The van der Waals surface area contributed by atoms with E-state index in [9.17, 15) is 9.90 Å². The second kappa shape index (κ2) is 6.79. The van der Waals surface area contributed by atoms with E-state index in [-0.39, 0.29) is 6.61 Å². The molecule has 22 heavy (non-hydrogen) atoms. The van der Waals surface area contributed by atoms with E-state index in [1.54, 1.807) is 39.0 Å². The van der Waals surface area contributed by atoms with Gasteiger partial charge in [-0.3, -0.25) is 5.32 Å². The first-order valence-corrected chi connectivity index (χ1v) is 7.10. The molecule has 0 saturated carbocycles. The van der Waals surface area contributed by atoms with Gasteiger partial charge in [-0.05, 0) is 46.8 Å². The average molecular weight is 307 g/mol. The predicted molar refractivity (Wildman–Crippen MR) is 89.0 cm³/mol. The summed E-state index contributed by atoms with van der Waals surface area (Å²) in [5.41, 5.74) is 0.520. The van der Waals surface area contributed by atoms with Gasteiger partial charge in [-0.2, -0.15) is 0 Å². The highest BCUT2D eigenvalue weighted by Gasteiger charge is 2.20. The number of carbonyl (C=O) groups is 1. The second-order valence-corrected chi connectivity index (χ2v) is 6.71. The van der Waals surface area contributed by atoms with Crippen LogP contribution in [-0.2, 0) is 4.74 Å². The third kappa shape index (κ3) is 5.37. The Bertz CT molecular complexity index is 548. The molecule has 6 heteroatoms. The maximum absolute atomic E-state index is 11.9. The molecule has 4 N–H and O–H groups in total. The molecule has 0 aliphatic heterocycles. The number of amides is 1. The highest BCUT2D eigenvalue weighted by molar-refractivity contribution is 5.98. The number of rotatable bonds is 5. The molecule has 0 spiro atoms. The van der Waals surface area contributed by atoms with Gasteiger partial charge in [0.05, 0.1) is 17.8 Å². The molecule has 0 bridgehead atoms. The Morgan fingerprint density at radius 2 is 1.86 bits per heavy atom. The monoisotopic (exact) mass is 307 g/mol. The molecule has 1 amide bonds. The fraction of sp³-hybridized carbons (Fsp3) is 0.500. The third-order valence-electron chi connectivity index (χ3n) is 2.75. The van der Waals surface area contributed by atoms with Gasteiger partial charge < -0.3 is 20.6 Å². The van der Waals surface area contributed by atoms with Crippen LogP contribution in [0.5, 0.6) is 0 Å². The number of nitrogens with one attached hydrogen (secondary N) is 3.